The molecule has 0 saturated carbocycles. The number of nitrogens with one attached hydrogen (secondary N) is 1. The molecule has 1 aromatic heterocycles. The third-order valence-corrected chi connectivity index (χ3v) is 9.13. The zero-order valence-electron chi connectivity index (χ0n) is 18.4. The highest BCUT2D eigenvalue weighted by atomic mass is 32.2. The molecule has 0 unspecified atom stereocenters. The molecule has 1 fully saturated rings. The van der Waals surface area contributed by atoms with Crippen molar-refractivity contribution in [1.29, 1.82) is 0 Å². The summed E-state index contributed by atoms with van der Waals surface area (Å²) in [7, 11) is -8.81. The maximum absolute atomic E-state index is 13.6. The van der Waals surface area contributed by atoms with Crippen molar-refractivity contribution in [2.45, 2.75) is 16.2 Å². The molecule has 2 aliphatic heterocycles. The molecule has 1 saturated heterocycles. The lowest BCUT2D eigenvalue weighted by Gasteiger charge is -2.21. The fraction of sp³-hybridized carbons (Fsp3) is 0.300. The van der Waals surface area contributed by atoms with E-state index in [-0.39, 0.29) is 43.0 Å². The van der Waals surface area contributed by atoms with Crippen LogP contribution in [0.1, 0.15) is 12.0 Å². The predicted octanol–water partition coefficient (Wildman–Crippen LogP) is 0.599. The molecule has 0 radical (unpaired) electrons. The van der Waals surface area contributed by atoms with E-state index >= 15 is 0 Å². The Balaban J connectivity index is 1.83. The van der Waals surface area contributed by atoms with Crippen molar-refractivity contribution >= 4 is 42.9 Å². The first-order valence-electron chi connectivity index (χ1n) is 10.7. The Bertz CT molecular complexity index is 1610. The average Bonchev–Trinajstić information content (AvgIpc) is 3.57. The standard InChI is InChI=1S/C20H23N9O4S2/c21-8-11-6-7-29(9-11)35(32,33)15-5-4-12(13-2-1-3-14-17(13)27-20(22)26-14)16(18(15)34(23,30)31)19-24-10-25-28-19/h1-5,11H,6-10,21H2,(H3,22,26,27)(H2,23,30,31)/t11-/m0/s1. The lowest BCUT2D eigenvalue weighted by molar-refractivity contribution is 0.457. The quantitative estimate of drug-likeness (QED) is 0.364. The predicted molar refractivity (Wildman–Crippen MR) is 129 cm³/mol. The number of hydrogen-bond donors (Lipinski definition) is 4. The smallest absolute Gasteiger partial charge is 0.244 e. The van der Waals surface area contributed by atoms with E-state index in [9.17, 15) is 16.8 Å². The summed E-state index contributed by atoms with van der Waals surface area (Å²) in [6.45, 7) is 0.705. The molecule has 2 aliphatic rings. The van der Waals surface area contributed by atoms with E-state index in [4.69, 9.17) is 16.6 Å². The van der Waals surface area contributed by atoms with Gasteiger partial charge in [-0.25, -0.2) is 32.0 Å². The van der Waals surface area contributed by atoms with Crippen molar-refractivity contribution in [3.8, 4) is 11.1 Å². The van der Waals surface area contributed by atoms with Crippen LogP contribution in [0.2, 0.25) is 0 Å². The molecule has 5 rings (SSSR count). The number of aliphatic imine (C=N–C) groups is 1. The number of nitrogens with two attached hydrogens (primary N) is 3. The largest absolute Gasteiger partial charge is 0.369 e. The van der Waals surface area contributed by atoms with E-state index in [1.54, 1.807) is 18.2 Å². The van der Waals surface area contributed by atoms with Crippen LogP contribution in [0.25, 0.3) is 22.2 Å². The fourth-order valence-electron chi connectivity index (χ4n) is 4.47. The van der Waals surface area contributed by atoms with Crippen molar-refractivity contribution < 1.29 is 16.8 Å². The molecule has 2 aromatic carbocycles. The maximum atomic E-state index is 13.6. The van der Waals surface area contributed by atoms with Gasteiger partial charge in [0.25, 0.3) is 0 Å². The zero-order chi connectivity index (χ0) is 25.0. The van der Waals surface area contributed by atoms with Gasteiger partial charge in [-0.2, -0.15) is 9.42 Å². The number of nitrogen functional groups attached to an aromatic ring is 1. The van der Waals surface area contributed by atoms with E-state index in [1.807, 2.05) is 0 Å². The number of anilines is 1. The molecule has 3 heterocycles. The van der Waals surface area contributed by atoms with Gasteiger partial charge in [-0.05, 0) is 36.6 Å². The Labute approximate surface area is 201 Å². The van der Waals surface area contributed by atoms with E-state index in [1.165, 1.54) is 16.4 Å². The molecule has 0 aliphatic carbocycles. The topological polar surface area (TPSA) is 215 Å². The highest BCUT2D eigenvalue weighted by Crippen LogP contribution is 2.39. The summed E-state index contributed by atoms with van der Waals surface area (Å²) in [4.78, 5) is 10.4. The minimum atomic E-state index is -4.58. The molecule has 184 valence electrons. The second-order valence-electron chi connectivity index (χ2n) is 8.30. The first-order chi connectivity index (χ1) is 16.6. The summed E-state index contributed by atoms with van der Waals surface area (Å²) in [5, 5.41) is 13.4. The number of hydrogen-bond acceptors (Lipinski definition) is 10. The molecule has 3 aromatic rings. The van der Waals surface area contributed by atoms with Crippen molar-refractivity contribution in [3.05, 3.63) is 35.9 Å². The van der Waals surface area contributed by atoms with Crippen LogP contribution in [0, 0.1) is 5.92 Å². The number of amidine groups is 1. The molecular formula is C20H23N9O4S2. The van der Waals surface area contributed by atoms with Crippen LogP contribution in [0.4, 0.5) is 5.95 Å². The number of imidazole rings is 1. The third-order valence-electron chi connectivity index (χ3n) is 6.10. The molecular weight excluding hydrogens is 494 g/mol. The minimum absolute atomic E-state index is 0.0165. The number of para-hydroxylation sites is 1. The van der Waals surface area contributed by atoms with E-state index in [0.29, 0.717) is 35.1 Å². The van der Waals surface area contributed by atoms with Crippen LogP contribution in [0.3, 0.4) is 0 Å². The molecule has 15 heteroatoms. The van der Waals surface area contributed by atoms with Crippen LogP contribution < -0.4 is 16.6 Å². The number of sulfonamides is 2. The minimum Gasteiger partial charge on any atom is -0.369 e. The number of azo groups is 1. The van der Waals surface area contributed by atoms with Gasteiger partial charge >= 0.3 is 0 Å². The van der Waals surface area contributed by atoms with Gasteiger partial charge in [-0.3, -0.25) is 0 Å². The van der Waals surface area contributed by atoms with Crippen LogP contribution in [-0.4, -0.2) is 63.2 Å². The van der Waals surface area contributed by atoms with Gasteiger partial charge in [0.05, 0.1) is 16.6 Å². The molecule has 13 nitrogen and oxygen atoms in total. The number of aromatic amines is 1. The van der Waals surface area contributed by atoms with Gasteiger partial charge in [-0.1, -0.05) is 18.2 Å². The highest BCUT2D eigenvalue weighted by Gasteiger charge is 2.38. The van der Waals surface area contributed by atoms with Gasteiger partial charge in [0.15, 0.2) is 18.5 Å². The number of fused-ring (bicyclic) bond motifs is 1. The summed E-state index contributed by atoms with van der Waals surface area (Å²) in [5.74, 6) is 0.112. The second kappa shape index (κ2) is 8.46. The Hall–Kier alpha value is -3.24. The summed E-state index contributed by atoms with van der Waals surface area (Å²) in [6, 6.07) is 7.95. The Kier molecular flexibility index (Phi) is 5.68. The van der Waals surface area contributed by atoms with Crippen LogP contribution in [0.15, 0.2) is 55.3 Å². The first-order valence-corrected chi connectivity index (χ1v) is 13.7. The Morgan fingerprint density at radius 2 is 1.91 bits per heavy atom. The van der Waals surface area contributed by atoms with Crippen molar-refractivity contribution in [3.63, 3.8) is 0 Å². The molecule has 7 N–H and O–H groups in total. The van der Waals surface area contributed by atoms with Crippen LogP contribution in [-0.2, 0) is 20.0 Å². The summed E-state index contributed by atoms with van der Waals surface area (Å²) >= 11 is 0. The summed E-state index contributed by atoms with van der Waals surface area (Å²) in [6.07, 6.45) is 0.578. The van der Waals surface area contributed by atoms with Gasteiger partial charge in [0, 0.05) is 18.7 Å². The Morgan fingerprint density at radius 3 is 2.57 bits per heavy atom. The van der Waals surface area contributed by atoms with E-state index in [0.717, 1.165) is 0 Å². The summed E-state index contributed by atoms with van der Waals surface area (Å²) < 4.78 is 54.4. The van der Waals surface area contributed by atoms with E-state index in [2.05, 4.69) is 25.2 Å². The molecule has 0 bridgehead atoms. The Morgan fingerprint density at radius 1 is 1.11 bits per heavy atom. The van der Waals surface area contributed by atoms with Gasteiger partial charge in [-0.15, -0.1) is 5.11 Å². The van der Waals surface area contributed by atoms with Crippen molar-refractivity contribution in [2.75, 3.05) is 32.0 Å². The van der Waals surface area contributed by atoms with Crippen molar-refractivity contribution in [2.24, 2.45) is 32.0 Å². The third kappa shape index (κ3) is 4.00. The van der Waals surface area contributed by atoms with Gasteiger partial charge < -0.3 is 16.5 Å². The zero-order valence-corrected chi connectivity index (χ0v) is 20.1. The number of primary sulfonamides is 1. The molecule has 35 heavy (non-hydrogen) atoms. The number of H-pyrrole nitrogens is 1. The molecule has 1 atom stereocenters. The second-order valence-corrected chi connectivity index (χ2v) is 11.7. The lowest BCUT2D eigenvalue weighted by atomic mass is 9.97. The van der Waals surface area contributed by atoms with Crippen LogP contribution in [0.5, 0.6) is 0 Å². The SMILES string of the molecule is NC[C@@H]1CCN(S(=O)(=O)c2ccc(-c3cccc4[nH]c(N)nc34)c(C3=NCN=N3)c2S(N)(=O)=O)C1. The van der Waals surface area contributed by atoms with Gasteiger partial charge in [0.1, 0.15) is 9.79 Å². The highest BCUT2D eigenvalue weighted by molar-refractivity contribution is 7.92. The maximum Gasteiger partial charge on any atom is 0.244 e. The fourth-order valence-corrected chi connectivity index (χ4v) is 7.57. The van der Waals surface area contributed by atoms with E-state index < -0.39 is 29.8 Å². The molecule has 0 amide bonds. The number of rotatable bonds is 6. The summed E-state index contributed by atoms with van der Waals surface area (Å²) in [5.41, 5.74) is 13.4. The van der Waals surface area contributed by atoms with Crippen LogP contribution >= 0.6 is 0 Å². The first kappa shape index (κ1) is 23.5. The van der Waals surface area contributed by atoms with Crippen molar-refractivity contribution in [1.82, 2.24) is 14.3 Å². The lowest BCUT2D eigenvalue weighted by Crippen LogP contribution is -2.32. The number of nitrogens with zero attached hydrogens (tertiary/aromatic N) is 5. The monoisotopic (exact) mass is 517 g/mol. The van der Waals surface area contributed by atoms with Gasteiger partial charge in [0.2, 0.25) is 20.0 Å². The number of aromatic nitrogens is 2. The molecule has 0 spiro atoms. The number of benzene rings is 2. The normalized spacial score (nSPS) is 19.0. The average molecular weight is 518 g/mol.